The molecule has 0 N–H and O–H groups in total. The molecule has 3 fully saturated rings. The second-order valence-electron chi connectivity index (χ2n) is 8.62. The molecule has 0 atom stereocenters. The Labute approximate surface area is 139 Å². The van der Waals surface area contributed by atoms with Gasteiger partial charge in [-0.3, -0.25) is 0 Å². The van der Waals surface area contributed by atoms with Crippen LogP contribution in [0.5, 0.6) is 0 Å². The van der Waals surface area contributed by atoms with Gasteiger partial charge in [-0.2, -0.15) is 0 Å². The highest BCUT2D eigenvalue weighted by atomic mass is 16.7. The molecule has 0 amide bonds. The molecule has 23 heavy (non-hydrogen) atoms. The Balaban J connectivity index is 1.55. The molecule has 5 nitrogen and oxygen atoms in total. The van der Waals surface area contributed by atoms with Crippen LogP contribution in [0.3, 0.4) is 0 Å². The summed E-state index contributed by atoms with van der Waals surface area (Å²) >= 11 is 0. The van der Waals surface area contributed by atoms with Gasteiger partial charge in [-0.25, -0.2) is 4.68 Å². The normalized spacial score (nSPS) is 29.0. The van der Waals surface area contributed by atoms with Gasteiger partial charge < -0.3 is 9.31 Å². The Kier molecular flexibility index (Phi) is 3.44. The predicted octanol–water partition coefficient (Wildman–Crippen LogP) is 3.45. The average Bonchev–Trinajstić information content (AvgIpc) is 3.10. The Morgan fingerprint density at radius 1 is 1.04 bits per heavy atom. The SMILES string of the molecule is CC1(C)OB(C2(c3cn(C4CCCCC4)nn3)CC2)OC1(C)C. The molecule has 126 valence electrons. The lowest BCUT2D eigenvalue weighted by molar-refractivity contribution is 0.00578. The number of hydrogen-bond donors (Lipinski definition) is 0. The van der Waals surface area contributed by atoms with Crippen LogP contribution in [0.15, 0.2) is 6.20 Å². The molecule has 1 aromatic heterocycles. The summed E-state index contributed by atoms with van der Waals surface area (Å²) in [5, 5.41) is 8.88. The molecule has 6 heteroatoms. The van der Waals surface area contributed by atoms with Crippen LogP contribution < -0.4 is 0 Å². The molecule has 3 aliphatic rings. The summed E-state index contributed by atoms with van der Waals surface area (Å²) in [7, 11) is -0.205. The molecule has 0 unspecified atom stereocenters. The zero-order valence-electron chi connectivity index (χ0n) is 14.8. The Morgan fingerprint density at radius 2 is 1.65 bits per heavy atom. The van der Waals surface area contributed by atoms with E-state index < -0.39 is 0 Å². The maximum absolute atomic E-state index is 6.30. The molecule has 2 aliphatic carbocycles. The Hall–Kier alpha value is -0.875. The molecule has 2 heterocycles. The standard InChI is InChI=1S/C17H28BN3O2/c1-15(2)16(3,4)23-18(22-15)17(10-11-17)14-12-21(20-19-14)13-8-6-5-7-9-13/h12-13H,5-11H2,1-4H3. The van der Waals surface area contributed by atoms with Crippen molar-refractivity contribution >= 4 is 7.12 Å². The molecule has 0 bridgehead atoms. The largest absolute Gasteiger partial charge is 0.470 e. The number of nitrogens with zero attached hydrogens (tertiary/aromatic N) is 3. The number of rotatable bonds is 3. The van der Waals surface area contributed by atoms with Gasteiger partial charge in [0.1, 0.15) is 0 Å². The van der Waals surface area contributed by atoms with Crippen molar-refractivity contribution in [3.63, 3.8) is 0 Å². The van der Waals surface area contributed by atoms with Gasteiger partial charge in [0.15, 0.2) is 0 Å². The predicted molar refractivity (Wildman–Crippen MR) is 89.1 cm³/mol. The lowest BCUT2D eigenvalue weighted by Gasteiger charge is -2.32. The van der Waals surface area contributed by atoms with Crippen LogP contribution in [0, 0.1) is 0 Å². The van der Waals surface area contributed by atoms with Crippen molar-refractivity contribution in [3.8, 4) is 0 Å². The summed E-state index contributed by atoms with van der Waals surface area (Å²) in [6.07, 6.45) is 10.7. The van der Waals surface area contributed by atoms with Gasteiger partial charge >= 0.3 is 7.12 Å². The summed E-state index contributed by atoms with van der Waals surface area (Å²) in [5.74, 6) is 0. The molecule has 1 aliphatic heterocycles. The molecular weight excluding hydrogens is 289 g/mol. The van der Waals surface area contributed by atoms with Crippen LogP contribution in [-0.2, 0) is 14.6 Å². The fourth-order valence-corrected chi connectivity index (χ4v) is 3.84. The van der Waals surface area contributed by atoms with Crippen molar-refractivity contribution < 1.29 is 9.31 Å². The zero-order chi connectivity index (χ0) is 16.3. The summed E-state index contributed by atoms with van der Waals surface area (Å²) in [6, 6.07) is 0.527. The summed E-state index contributed by atoms with van der Waals surface area (Å²) in [5.41, 5.74) is 0.487. The van der Waals surface area contributed by atoms with Gasteiger partial charge in [-0.1, -0.05) is 24.5 Å². The summed E-state index contributed by atoms with van der Waals surface area (Å²) in [6.45, 7) is 8.45. The van der Waals surface area contributed by atoms with E-state index in [-0.39, 0.29) is 23.6 Å². The molecular formula is C17H28BN3O2. The van der Waals surface area contributed by atoms with Crippen LogP contribution in [-0.4, -0.2) is 33.3 Å². The molecule has 2 saturated carbocycles. The number of hydrogen-bond acceptors (Lipinski definition) is 4. The van der Waals surface area contributed by atoms with E-state index in [2.05, 4.69) is 48.9 Å². The first kappa shape index (κ1) is 15.6. The summed E-state index contributed by atoms with van der Waals surface area (Å²) in [4.78, 5) is 0. The van der Waals surface area contributed by atoms with E-state index in [0.29, 0.717) is 6.04 Å². The van der Waals surface area contributed by atoms with E-state index in [1.54, 1.807) is 0 Å². The third-order valence-electron chi connectivity index (χ3n) is 6.46. The van der Waals surface area contributed by atoms with Gasteiger partial charge in [0.25, 0.3) is 0 Å². The van der Waals surface area contributed by atoms with E-state index in [4.69, 9.17) is 9.31 Å². The van der Waals surface area contributed by atoms with Gasteiger partial charge in [0.2, 0.25) is 0 Å². The first-order chi connectivity index (χ1) is 10.8. The Morgan fingerprint density at radius 3 is 2.22 bits per heavy atom. The van der Waals surface area contributed by atoms with Crippen molar-refractivity contribution in [3.05, 3.63) is 11.9 Å². The fourth-order valence-electron chi connectivity index (χ4n) is 3.84. The quantitative estimate of drug-likeness (QED) is 0.801. The van der Waals surface area contributed by atoms with Crippen LogP contribution in [0.4, 0.5) is 0 Å². The van der Waals surface area contributed by atoms with Gasteiger partial charge in [-0.15, -0.1) is 5.10 Å². The highest BCUT2D eigenvalue weighted by Gasteiger charge is 2.66. The number of aromatic nitrogens is 3. The molecule has 4 rings (SSSR count). The zero-order valence-corrected chi connectivity index (χ0v) is 14.8. The lowest BCUT2D eigenvalue weighted by Crippen LogP contribution is -2.41. The maximum atomic E-state index is 6.30. The first-order valence-electron chi connectivity index (χ1n) is 9.12. The smallest absolute Gasteiger partial charge is 0.403 e. The Bertz CT molecular complexity index is 572. The highest BCUT2D eigenvalue weighted by molar-refractivity contribution is 6.51. The molecule has 1 saturated heterocycles. The first-order valence-corrected chi connectivity index (χ1v) is 9.12. The second kappa shape index (κ2) is 5.06. The van der Waals surface area contributed by atoms with Crippen LogP contribution >= 0.6 is 0 Å². The van der Waals surface area contributed by atoms with Crippen molar-refractivity contribution in [1.82, 2.24) is 15.0 Å². The van der Waals surface area contributed by atoms with Crippen LogP contribution in [0.25, 0.3) is 0 Å². The van der Waals surface area contributed by atoms with E-state index in [9.17, 15) is 0 Å². The lowest BCUT2D eigenvalue weighted by atomic mass is 9.66. The minimum absolute atomic E-state index is 0.0854. The van der Waals surface area contributed by atoms with E-state index >= 15 is 0 Å². The van der Waals surface area contributed by atoms with E-state index in [1.165, 1.54) is 32.1 Å². The van der Waals surface area contributed by atoms with E-state index in [1.807, 2.05) is 0 Å². The molecule has 0 aromatic carbocycles. The van der Waals surface area contributed by atoms with Gasteiger partial charge in [-0.05, 0) is 53.4 Å². The van der Waals surface area contributed by atoms with Crippen molar-refractivity contribution in [1.29, 1.82) is 0 Å². The second-order valence-corrected chi connectivity index (χ2v) is 8.62. The van der Waals surface area contributed by atoms with Crippen molar-refractivity contribution in [2.24, 2.45) is 0 Å². The minimum Gasteiger partial charge on any atom is -0.403 e. The topological polar surface area (TPSA) is 49.2 Å². The monoisotopic (exact) mass is 317 g/mol. The van der Waals surface area contributed by atoms with Crippen molar-refractivity contribution in [2.75, 3.05) is 0 Å². The van der Waals surface area contributed by atoms with Crippen LogP contribution in [0.2, 0.25) is 0 Å². The van der Waals surface area contributed by atoms with Crippen molar-refractivity contribution in [2.45, 2.75) is 95.2 Å². The minimum atomic E-state index is -0.285. The van der Waals surface area contributed by atoms with E-state index in [0.717, 1.165) is 18.5 Å². The third-order valence-corrected chi connectivity index (χ3v) is 6.46. The molecule has 0 radical (unpaired) electrons. The molecule has 0 spiro atoms. The summed E-state index contributed by atoms with van der Waals surface area (Å²) < 4.78 is 14.7. The van der Waals surface area contributed by atoms with Crippen LogP contribution in [0.1, 0.15) is 84.4 Å². The highest BCUT2D eigenvalue weighted by Crippen LogP contribution is 2.55. The van der Waals surface area contributed by atoms with Gasteiger partial charge in [0.05, 0.1) is 28.3 Å². The fraction of sp³-hybridized carbons (Fsp3) is 0.882. The third kappa shape index (κ3) is 2.45. The maximum Gasteiger partial charge on any atom is 0.470 e. The van der Waals surface area contributed by atoms with Gasteiger partial charge in [0, 0.05) is 6.20 Å². The molecule has 1 aromatic rings. The average molecular weight is 317 g/mol.